The first-order valence-corrected chi connectivity index (χ1v) is 10.6. The number of hydrogen-bond donors (Lipinski definition) is 0. The molecule has 0 atom stereocenters. The molecule has 0 saturated heterocycles. The lowest BCUT2D eigenvalue weighted by Gasteiger charge is -2.20. The van der Waals surface area contributed by atoms with E-state index in [9.17, 15) is 4.79 Å². The molecule has 0 fully saturated rings. The Bertz CT molecular complexity index is 1110. The van der Waals surface area contributed by atoms with Crippen molar-refractivity contribution in [3.05, 3.63) is 89.7 Å². The number of nitrogens with zero attached hydrogens (tertiary/aromatic N) is 3. The van der Waals surface area contributed by atoms with E-state index in [1.165, 1.54) is 5.56 Å². The highest BCUT2D eigenvalue weighted by Gasteiger charge is 2.21. The van der Waals surface area contributed by atoms with Gasteiger partial charge in [0.2, 0.25) is 5.91 Å². The average Bonchev–Trinajstić information content (AvgIpc) is 3.17. The standard InChI is InChI=1S/C24H23N3OS/c1-17(2)20-11-6-12-21-23(20)26-24(29-21)27(16-19-10-7-13-25-15-19)22(28)14-18-8-4-3-5-9-18/h3-13,15,17H,14,16H2,1-2H3. The average molecular weight is 402 g/mol. The smallest absolute Gasteiger partial charge is 0.233 e. The van der Waals surface area contributed by atoms with Crippen LogP contribution in [0, 0.1) is 0 Å². The first kappa shape index (κ1) is 19.3. The maximum Gasteiger partial charge on any atom is 0.233 e. The molecule has 0 spiro atoms. The zero-order valence-electron chi connectivity index (χ0n) is 16.6. The molecule has 0 unspecified atom stereocenters. The topological polar surface area (TPSA) is 46.1 Å². The number of anilines is 1. The molecular weight excluding hydrogens is 378 g/mol. The van der Waals surface area contributed by atoms with Crippen LogP contribution in [0.2, 0.25) is 0 Å². The van der Waals surface area contributed by atoms with Gasteiger partial charge in [-0.1, -0.05) is 73.7 Å². The molecule has 0 aliphatic heterocycles. The summed E-state index contributed by atoms with van der Waals surface area (Å²) in [7, 11) is 0. The maximum absolute atomic E-state index is 13.3. The fourth-order valence-electron chi connectivity index (χ4n) is 3.34. The van der Waals surface area contributed by atoms with E-state index < -0.39 is 0 Å². The number of pyridine rings is 1. The summed E-state index contributed by atoms with van der Waals surface area (Å²) < 4.78 is 1.11. The number of rotatable bonds is 6. The van der Waals surface area contributed by atoms with Gasteiger partial charge >= 0.3 is 0 Å². The summed E-state index contributed by atoms with van der Waals surface area (Å²) in [4.78, 5) is 24.2. The fraction of sp³-hybridized carbons (Fsp3) is 0.208. The van der Waals surface area contributed by atoms with Crippen molar-refractivity contribution >= 4 is 32.6 Å². The molecule has 4 aromatic rings. The van der Waals surface area contributed by atoms with Gasteiger partial charge in [0.1, 0.15) is 0 Å². The Labute approximate surface area is 174 Å². The molecule has 1 amide bonds. The van der Waals surface area contributed by atoms with Gasteiger partial charge in [-0.15, -0.1) is 0 Å². The molecule has 2 aromatic carbocycles. The van der Waals surface area contributed by atoms with Crippen molar-refractivity contribution in [3.63, 3.8) is 0 Å². The second-order valence-electron chi connectivity index (χ2n) is 7.35. The van der Waals surface area contributed by atoms with Gasteiger partial charge in [0.05, 0.1) is 23.2 Å². The van der Waals surface area contributed by atoms with Gasteiger partial charge in [-0.3, -0.25) is 14.7 Å². The van der Waals surface area contributed by atoms with Crippen LogP contribution in [0.4, 0.5) is 5.13 Å². The summed E-state index contributed by atoms with van der Waals surface area (Å²) in [5, 5.41) is 0.734. The van der Waals surface area contributed by atoms with Gasteiger partial charge < -0.3 is 0 Å². The Balaban J connectivity index is 1.72. The van der Waals surface area contributed by atoms with Crippen LogP contribution in [0.1, 0.15) is 36.5 Å². The van der Waals surface area contributed by atoms with E-state index in [0.29, 0.717) is 18.9 Å². The van der Waals surface area contributed by atoms with Crippen LogP contribution in [-0.4, -0.2) is 15.9 Å². The van der Waals surface area contributed by atoms with Crippen molar-refractivity contribution in [2.75, 3.05) is 4.90 Å². The van der Waals surface area contributed by atoms with Gasteiger partial charge in [0.15, 0.2) is 5.13 Å². The van der Waals surface area contributed by atoms with E-state index in [1.807, 2.05) is 42.5 Å². The Morgan fingerprint density at radius 1 is 1.00 bits per heavy atom. The Hall–Kier alpha value is -3.05. The summed E-state index contributed by atoms with van der Waals surface area (Å²) in [6.07, 6.45) is 3.88. The highest BCUT2D eigenvalue weighted by Crippen LogP contribution is 2.34. The number of para-hydroxylation sites is 1. The van der Waals surface area contributed by atoms with Crippen LogP contribution < -0.4 is 4.90 Å². The lowest BCUT2D eigenvalue weighted by Crippen LogP contribution is -2.31. The molecule has 0 saturated carbocycles. The molecular formula is C24H23N3OS. The molecule has 29 heavy (non-hydrogen) atoms. The molecule has 2 heterocycles. The van der Waals surface area contributed by atoms with E-state index in [4.69, 9.17) is 4.98 Å². The molecule has 0 aliphatic rings. The third-order valence-electron chi connectivity index (χ3n) is 4.85. The maximum atomic E-state index is 13.3. The lowest BCUT2D eigenvalue weighted by atomic mass is 10.0. The summed E-state index contributed by atoms with van der Waals surface area (Å²) in [6.45, 7) is 4.79. The first-order chi connectivity index (χ1) is 14.1. The monoisotopic (exact) mass is 401 g/mol. The highest BCUT2D eigenvalue weighted by molar-refractivity contribution is 7.22. The Kier molecular flexibility index (Phi) is 5.67. The number of amides is 1. The Morgan fingerprint density at radius 2 is 1.79 bits per heavy atom. The fourth-order valence-corrected chi connectivity index (χ4v) is 4.36. The third-order valence-corrected chi connectivity index (χ3v) is 5.90. The molecule has 4 rings (SSSR count). The highest BCUT2D eigenvalue weighted by atomic mass is 32.1. The number of aromatic nitrogens is 2. The van der Waals surface area contributed by atoms with Crippen LogP contribution in [0.5, 0.6) is 0 Å². The van der Waals surface area contributed by atoms with Crippen LogP contribution >= 0.6 is 11.3 Å². The molecule has 4 nitrogen and oxygen atoms in total. The van der Waals surface area contributed by atoms with Crippen molar-refractivity contribution in [2.45, 2.75) is 32.7 Å². The van der Waals surface area contributed by atoms with Crippen molar-refractivity contribution in [1.82, 2.24) is 9.97 Å². The largest absolute Gasteiger partial charge is 0.283 e. The Morgan fingerprint density at radius 3 is 2.52 bits per heavy atom. The lowest BCUT2D eigenvalue weighted by molar-refractivity contribution is -0.118. The zero-order valence-corrected chi connectivity index (χ0v) is 17.4. The van der Waals surface area contributed by atoms with Crippen molar-refractivity contribution < 1.29 is 4.79 Å². The summed E-state index contributed by atoms with van der Waals surface area (Å²) in [5.74, 6) is 0.408. The van der Waals surface area contributed by atoms with E-state index in [0.717, 1.165) is 26.5 Å². The van der Waals surface area contributed by atoms with Gasteiger partial charge in [-0.25, -0.2) is 4.98 Å². The van der Waals surface area contributed by atoms with Crippen LogP contribution in [0.25, 0.3) is 10.2 Å². The van der Waals surface area contributed by atoms with Gasteiger partial charge in [0.25, 0.3) is 0 Å². The minimum Gasteiger partial charge on any atom is -0.283 e. The van der Waals surface area contributed by atoms with Crippen molar-refractivity contribution in [3.8, 4) is 0 Å². The molecule has 5 heteroatoms. The van der Waals surface area contributed by atoms with E-state index in [-0.39, 0.29) is 5.91 Å². The van der Waals surface area contributed by atoms with Gasteiger partial charge in [0, 0.05) is 12.4 Å². The molecule has 0 aliphatic carbocycles. The van der Waals surface area contributed by atoms with Crippen molar-refractivity contribution in [2.24, 2.45) is 0 Å². The predicted octanol–water partition coefficient (Wildman–Crippen LogP) is 5.59. The van der Waals surface area contributed by atoms with Crippen LogP contribution in [0.15, 0.2) is 73.1 Å². The molecule has 146 valence electrons. The quantitative estimate of drug-likeness (QED) is 0.423. The van der Waals surface area contributed by atoms with Crippen molar-refractivity contribution in [1.29, 1.82) is 0 Å². The number of carbonyl (C=O) groups is 1. The number of benzene rings is 2. The van der Waals surface area contributed by atoms with Crippen LogP contribution in [-0.2, 0) is 17.8 Å². The zero-order chi connectivity index (χ0) is 20.2. The number of hydrogen-bond acceptors (Lipinski definition) is 4. The van der Waals surface area contributed by atoms with E-state index in [1.54, 1.807) is 28.6 Å². The molecule has 2 aromatic heterocycles. The normalized spacial score (nSPS) is 11.1. The molecule has 0 N–H and O–H groups in total. The van der Waals surface area contributed by atoms with Gasteiger partial charge in [-0.05, 0) is 34.7 Å². The SMILES string of the molecule is CC(C)c1cccc2sc(N(Cc3cccnc3)C(=O)Cc3ccccc3)nc12. The minimum absolute atomic E-state index is 0.0326. The van der Waals surface area contributed by atoms with Crippen LogP contribution in [0.3, 0.4) is 0 Å². The second-order valence-corrected chi connectivity index (χ2v) is 8.36. The van der Waals surface area contributed by atoms with E-state index >= 15 is 0 Å². The first-order valence-electron chi connectivity index (χ1n) is 9.74. The number of carbonyl (C=O) groups excluding carboxylic acids is 1. The number of fused-ring (bicyclic) bond motifs is 1. The molecule has 0 radical (unpaired) electrons. The summed E-state index contributed by atoms with van der Waals surface area (Å²) in [5.41, 5.74) is 4.18. The molecule has 0 bridgehead atoms. The van der Waals surface area contributed by atoms with Gasteiger partial charge in [-0.2, -0.15) is 0 Å². The minimum atomic E-state index is 0.0326. The third kappa shape index (κ3) is 4.35. The summed E-state index contributed by atoms with van der Waals surface area (Å²) in [6, 6.07) is 20.0. The number of thiazole rings is 1. The predicted molar refractivity (Wildman–Crippen MR) is 119 cm³/mol. The summed E-state index contributed by atoms with van der Waals surface area (Å²) >= 11 is 1.57. The second kappa shape index (κ2) is 8.53. The van der Waals surface area contributed by atoms with E-state index in [2.05, 4.69) is 37.0 Å².